The zero-order valence-corrected chi connectivity index (χ0v) is 17.5. The summed E-state index contributed by atoms with van der Waals surface area (Å²) in [4.78, 5) is 64.1. The molecule has 0 aromatic heterocycles. The van der Waals surface area contributed by atoms with Gasteiger partial charge in [-0.2, -0.15) is 0 Å². The summed E-state index contributed by atoms with van der Waals surface area (Å²) in [6.07, 6.45) is -0.852. The average molecular weight is 463 g/mol. The number of alkyl carbamates (subject to hydrolysis) is 1. The summed E-state index contributed by atoms with van der Waals surface area (Å²) in [6.45, 7) is -1.09. The van der Waals surface area contributed by atoms with Crippen LogP contribution in [0.15, 0.2) is 35.3 Å². The predicted octanol–water partition coefficient (Wildman–Crippen LogP) is -1.93. The van der Waals surface area contributed by atoms with Crippen molar-refractivity contribution in [2.45, 2.75) is 25.1 Å². The number of nitrogens with zero attached hydrogens (tertiary/aromatic N) is 2. The van der Waals surface area contributed by atoms with Crippen LogP contribution in [0.4, 0.5) is 9.59 Å². The van der Waals surface area contributed by atoms with E-state index >= 15 is 0 Å². The van der Waals surface area contributed by atoms with Crippen LogP contribution in [-0.4, -0.2) is 77.6 Å². The minimum atomic E-state index is -1.49. The third-order valence-corrected chi connectivity index (χ3v) is 4.43. The van der Waals surface area contributed by atoms with Crippen LogP contribution in [0.3, 0.4) is 0 Å². The van der Waals surface area contributed by atoms with E-state index in [1.807, 2.05) is 0 Å². The van der Waals surface area contributed by atoms with Crippen molar-refractivity contribution in [3.05, 3.63) is 35.9 Å². The zero-order valence-electron chi connectivity index (χ0n) is 17.5. The first-order valence-corrected chi connectivity index (χ1v) is 9.81. The number of aliphatic imine (C=N–C) groups is 1. The quantitative estimate of drug-likeness (QED) is 0.122. The summed E-state index contributed by atoms with van der Waals surface area (Å²) in [6, 6.07) is 5.59. The number of benzene rings is 1. The monoisotopic (exact) mass is 463 g/mol. The number of nitrogens with two attached hydrogens (primary N) is 2. The normalized spacial score (nSPS) is 15.9. The van der Waals surface area contributed by atoms with Gasteiger partial charge in [-0.1, -0.05) is 30.3 Å². The third-order valence-electron chi connectivity index (χ3n) is 4.43. The minimum absolute atomic E-state index is 0.0676. The summed E-state index contributed by atoms with van der Waals surface area (Å²) in [5.74, 6) is -3.01. The molecule has 0 radical (unpaired) electrons. The van der Waals surface area contributed by atoms with E-state index in [-0.39, 0.29) is 25.5 Å². The van der Waals surface area contributed by atoms with Crippen molar-refractivity contribution in [3.63, 3.8) is 0 Å². The fraction of sp³-hybridized carbons (Fsp3) is 0.368. The number of carboxylic acids is 1. The van der Waals surface area contributed by atoms with Crippen LogP contribution in [0.1, 0.15) is 12.0 Å². The van der Waals surface area contributed by atoms with Crippen molar-refractivity contribution in [3.8, 4) is 0 Å². The Bertz CT molecular complexity index is 918. The Hall–Kier alpha value is -4.36. The number of ether oxygens (including phenoxy) is 1. The Labute approximate surface area is 188 Å². The van der Waals surface area contributed by atoms with Gasteiger partial charge in [0.05, 0.1) is 0 Å². The second-order valence-electron chi connectivity index (χ2n) is 6.92. The molecule has 1 aliphatic rings. The van der Waals surface area contributed by atoms with Crippen LogP contribution < -0.4 is 27.4 Å². The molecule has 1 aromatic carbocycles. The number of nitrogens with one attached hydrogen (secondary N) is 3. The maximum absolute atomic E-state index is 12.3. The highest BCUT2D eigenvalue weighted by atomic mass is 16.5. The molecule has 1 unspecified atom stereocenters. The van der Waals surface area contributed by atoms with Gasteiger partial charge in [0.2, 0.25) is 5.91 Å². The number of urea groups is 1. The van der Waals surface area contributed by atoms with Crippen LogP contribution >= 0.6 is 0 Å². The van der Waals surface area contributed by atoms with Gasteiger partial charge in [-0.05, 0) is 12.0 Å². The summed E-state index contributed by atoms with van der Waals surface area (Å²) >= 11 is 0. The molecule has 1 saturated heterocycles. The predicted molar refractivity (Wildman–Crippen MR) is 114 cm³/mol. The topological polar surface area (TPSA) is 219 Å². The van der Waals surface area contributed by atoms with Crippen molar-refractivity contribution in [1.82, 2.24) is 20.9 Å². The first-order chi connectivity index (χ1) is 15.7. The molecule has 0 bridgehead atoms. The number of carbonyl (C=O) groups is 5. The Kier molecular flexibility index (Phi) is 8.96. The number of amides is 5. The summed E-state index contributed by atoms with van der Waals surface area (Å²) in [7, 11) is 0. The average Bonchev–Trinajstić information content (AvgIpc) is 3.03. The molecule has 14 heteroatoms. The smallest absolute Gasteiger partial charge is 0.408 e. The van der Waals surface area contributed by atoms with Gasteiger partial charge in [-0.15, -0.1) is 0 Å². The third kappa shape index (κ3) is 8.01. The van der Waals surface area contributed by atoms with Gasteiger partial charge in [-0.3, -0.25) is 19.5 Å². The lowest BCUT2D eigenvalue weighted by atomic mass is 10.2. The Balaban J connectivity index is 1.80. The summed E-state index contributed by atoms with van der Waals surface area (Å²) in [5.41, 5.74) is 11.1. The van der Waals surface area contributed by atoms with E-state index in [2.05, 4.69) is 20.9 Å². The lowest BCUT2D eigenvalue weighted by Gasteiger charge is -2.17. The minimum Gasteiger partial charge on any atom is -0.480 e. The van der Waals surface area contributed by atoms with Crippen LogP contribution in [0.25, 0.3) is 0 Å². The number of imide groups is 1. The number of hydrogen-bond donors (Lipinski definition) is 6. The SMILES string of the molecule is NC(N)=NCC[C@@H]1NC(=O)N(CC(=O)NCC(NC(=O)OCc2ccccc2)C(=O)O)C1=O. The number of carbonyl (C=O) groups excluding carboxylic acids is 4. The highest BCUT2D eigenvalue weighted by Crippen LogP contribution is 2.09. The molecule has 2 rings (SSSR count). The molecular weight excluding hydrogens is 438 g/mol. The van der Waals surface area contributed by atoms with Crippen LogP contribution in [-0.2, 0) is 25.7 Å². The van der Waals surface area contributed by atoms with Gasteiger partial charge in [-0.25, -0.2) is 14.4 Å². The van der Waals surface area contributed by atoms with Crippen molar-refractivity contribution in [2.75, 3.05) is 19.6 Å². The summed E-state index contributed by atoms with van der Waals surface area (Å²) in [5, 5.41) is 16.1. The maximum Gasteiger partial charge on any atom is 0.408 e. The largest absolute Gasteiger partial charge is 0.480 e. The second kappa shape index (κ2) is 11.9. The second-order valence-corrected chi connectivity index (χ2v) is 6.92. The lowest BCUT2D eigenvalue weighted by Crippen LogP contribution is -2.50. The van der Waals surface area contributed by atoms with Gasteiger partial charge in [0.25, 0.3) is 5.91 Å². The molecule has 1 heterocycles. The van der Waals surface area contributed by atoms with Crippen molar-refractivity contribution < 1.29 is 33.8 Å². The Morgan fingerprint density at radius 2 is 1.91 bits per heavy atom. The first-order valence-electron chi connectivity index (χ1n) is 9.81. The van der Waals surface area contributed by atoms with Crippen molar-refractivity contribution >= 4 is 35.9 Å². The number of hydrogen-bond acceptors (Lipinski definition) is 7. The summed E-state index contributed by atoms with van der Waals surface area (Å²) < 4.78 is 4.95. The number of aliphatic carboxylic acids is 1. The molecule has 1 aromatic rings. The van der Waals surface area contributed by atoms with E-state index < -0.39 is 55.1 Å². The highest BCUT2D eigenvalue weighted by molar-refractivity contribution is 6.06. The molecule has 0 aliphatic carbocycles. The van der Waals surface area contributed by atoms with Gasteiger partial charge in [0.15, 0.2) is 5.96 Å². The molecule has 8 N–H and O–H groups in total. The van der Waals surface area contributed by atoms with Crippen LogP contribution in [0.2, 0.25) is 0 Å². The van der Waals surface area contributed by atoms with Gasteiger partial charge >= 0.3 is 18.1 Å². The van der Waals surface area contributed by atoms with E-state index in [9.17, 15) is 29.1 Å². The molecule has 178 valence electrons. The molecule has 1 aliphatic heterocycles. The number of rotatable bonds is 11. The van der Waals surface area contributed by atoms with Gasteiger partial charge in [0.1, 0.15) is 25.2 Å². The van der Waals surface area contributed by atoms with E-state index in [0.717, 1.165) is 0 Å². The van der Waals surface area contributed by atoms with E-state index in [0.29, 0.717) is 10.5 Å². The molecule has 1 fully saturated rings. The van der Waals surface area contributed by atoms with E-state index in [4.69, 9.17) is 16.2 Å². The molecule has 0 spiro atoms. The number of carboxylic acid groups (broad SMARTS) is 1. The highest BCUT2D eigenvalue weighted by Gasteiger charge is 2.38. The maximum atomic E-state index is 12.3. The molecular formula is C19H25N7O7. The van der Waals surface area contributed by atoms with Gasteiger partial charge < -0.3 is 37.3 Å². The standard InChI is InChI=1S/C19H25N7O7/c20-17(21)22-7-6-12-15(28)26(18(31)24-12)9-14(27)23-8-13(16(29)30)25-19(32)33-10-11-4-2-1-3-5-11/h1-5,12-13H,6-10H2,(H,23,27)(H,24,31)(H,25,32)(H,29,30)(H4,20,21,22)/t12-,13?/m0/s1. The molecule has 2 atom stereocenters. The molecule has 5 amide bonds. The molecule has 14 nitrogen and oxygen atoms in total. The number of guanidine groups is 1. The van der Waals surface area contributed by atoms with E-state index in [1.165, 1.54) is 0 Å². The fourth-order valence-electron chi connectivity index (χ4n) is 2.77. The molecule has 0 saturated carbocycles. The van der Waals surface area contributed by atoms with Crippen LogP contribution in [0.5, 0.6) is 0 Å². The van der Waals surface area contributed by atoms with Crippen molar-refractivity contribution in [2.24, 2.45) is 16.5 Å². The van der Waals surface area contributed by atoms with E-state index in [1.54, 1.807) is 30.3 Å². The Morgan fingerprint density at radius 3 is 2.55 bits per heavy atom. The lowest BCUT2D eigenvalue weighted by molar-refractivity contribution is -0.139. The fourth-order valence-corrected chi connectivity index (χ4v) is 2.77. The Morgan fingerprint density at radius 1 is 1.21 bits per heavy atom. The van der Waals surface area contributed by atoms with Gasteiger partial charge in [0, 0.05) is 13.1 Å². The van der Waals surface area contributed by atoms with Crippen LogP contribution in [0, 0.1) is 0 Å². The molecule has 33 heavy (non-hydrogen) atoms. The zero-order chi connectivity index (χ0) is 24.4. The van der Waals surface area contributed by atoms with Crippen molar-refractivity contribution in [1.29, 1.82) is 0 Å². The first kappa shape index (κ1) is 24.9.